The summed E-state index contributed by atoms with van der Waals surface area (Å²) in [7, 11) is -2.20. The molecular formula is C14H13NO3S2. The normalized spacial score (nSPS) is 11.8. The number of nitrogens with one attached hydrogen (secondary N) is 1. The molecule has 2 aromatic rings. The minimum absolute atomic E-state index is 0.0790. The zero-order valence-electron chi connectivity index (χ0n) is 10.7. The second-order valence-electron chi connectivity index (χ2n) is 3.95. The van der Waals surface area contributed by atoms with E-state index >= 15 is 0 Å². The van der Waals surface area contributed by atoms with E-state index in [2.05, 4.69) is 4.72 Å². The second kappa shape index (κ2) is 6.13. The Morgan fingerprint density at radius 1 is 1.25 bits per heavy atom. The van der Waals surface area contributed by atoms with Crippen molar-refractivity contribution in [2.24, 2.45) is 0 Å². The fraction of sp³-hybridized carbons (Fsp3) is 0.0714. The molecule has 1 aromatic heterocycles. The SMILES string of the molecule is CNS(=O)(=O)c1cccc(C(=O)C=Cc2cccs2)c1. The molecule has 0 bridgehead atoms. The Balaban J connectivity index is 2.25. The van der Waals surface area contributed by atoms with Crippen molar-refractivity contribution in [2.75, 3.05) is 7.05 Å². The maximum atomic E-state index is 12.0. The molecule has 0 amide bonds. The van der Waals surface area contributed by atoms with Crippen LogP contribution in [0.2, 0.25) is 0 Å². The summed E-state index contributed by atoms with van der Waals surface area (Å²) in [6.07, 6.45) is 3.16. The second-order valence-corrected chi connectivity index (χ2v) is 6.81. The summed E-state index contributed by atoms with van der Waals surface area (Å²) in [5.41, 5.74) is 0.342. The molecule has 0 radical (unpaired) electrons. The van der Waals surface area contributed by atoms with Crippen molar-refractivity contribution in [1.82, 2.24) is 4.72 Å². The van der Waals surface area contributed by atoms with Crippen molar-refractivity contribution in [2.45, 2.75) is 4.90 Å². The Morgan fingerprint density at radius 2 is 2.05 bits per heavy atom. The molecule has 1 aromatic carbocycles. The number of carbonyl (C=O) groups is 1. The smallest absolute Gasteiger partial charge is 0.240 e. The van der Waals surface area contributed by atoms with E-state index < -0.39 is 10.0 Å². The molecule has 0 saturated heterocycles. The molecule has 0 spiro atoms. The lowest BCUT2D eigenvalue weighted by molar-refractivity contribution is 0.104. The highest BCUT2D eigenvalue weighted by molar-refractivity contribution is 7.89. The van der Waals surface area contributed by atoms with Gasteiger partial charge in [0.2, 0.25) is 10.0 Å². The Morgan fingerprint density at radius 3 is 2.70 bits per heavy atom. The Kier molecular flexibility index (Phi) is 4.49. The van der Waals surface area contributed by atoms with Gasteiger partial charge in [-0.15, -0.1) is 11.3 Å². The van der Waals surface area contributed by atoms with E-state index in [1.54, 1.807) is 18.2 Å². The van der Waals surface area contributed by atoms with Gasteiger partial charge in [0.25, 0.3) is 0 Å². The van der Waals surface area contributed by atoms with Gasteiger partial charge < -0.3 is 0 Å². The summed E-state index contributed by atoms with van der Waals surface area (Å²) in [4.78, 5) is 13.1. The van der Waals surface area contributed by atoms with Crippen LogP contribution in [0.1, 0.15) is 15.2 Å². The van der Waals surface area contributed by atoms with Crippen molar-refractivity contribution in [3.05, 3.63) is 58.3 Å². The Bertz CT molecular complexity index is 732. The quantitative estimate of drug-likeness (QED) is 0.682. The standard InChI is InChI=1S/C14H13NO3S2/c1-15-20(17,18)13-6-2-4-11(10-13)14(16)8-7-12-5-3-9-19-12/h2-10,15H,1H3. The number of thiophene rings is 1. The number of sulfonamides is 1. The summed E-state index contributed by atoms with van der Waals surface area (Å²) in [5, 5.41) is 1.92. The number of rotatable bonds is 5. The van der Waals surface area contributed by atoms with Gasteiger partial charge in [0.05, 0.1) is 4.90 Å². The number of benzene rings is 1. The number of hydrogen-bond acceptors (Lipinski definition) is 4. The minimum atomic E-state index is -3.54. The fourth-order valence-corrected chi connectivity index (χ4v) is 2.97. The molecule has 1 N–H and O–H groups in total. The van der Waals surface area contributed by atoms with Gasteiger partial charge in [-0.05, 0) is 42.8 Å². The van der Waals surface area contributed by atoms with Crippen LogP contribution < -0.4 is 4.72 Å². The third kappa shape index (κ3) is 3.41. The van der Waals surface area contributed by atoms with E-state index in [0.29, 0.717) is 5.56 Å². The lowest BCUT2D eigenvalue weighted by Gasteiger charge is -2.03. The molecule has 104 valence electrons. The first-order valence-corrected chi connectivity index (χ1v) is 8.19. The van der Waals surface area contributed by atoms with Crippen LogP contribution in [0.4, 0.5) is 0 Å². The summed E-state index contributed by atoms with van der Waals surface area (Å²) < 4.78 is 25.6. The fourth-order valence-electron chi connectivity index (χ4n) is 1.57. The monoisotopic (exact) mass is 307 g/mol. The average Bonchev–Trinajstić information content (AvgIpc) is 2.98. The van der Waals surface area contributed by atoms with Crippen LogP contribution >= 0.6 is 11.3 Å². The molecule has 2 rings (SSSR count). The number of ketones is 1. The Hall–Kier alpha value is -1.76. The molecule has 0 fully saturated rings. The van der Waals surface area contributed by atoms with Crippen LogP contribution in [0.25, 0.3) is 6.08 Å². The zero-order chi connectivity index (χ0) is 14.6. The van der Waals surface area contributed by atoms with Gasteiger partial charge in [0.15, 0.2) is 5.78 Å². The van der Waals surface area contributed by atoms with Crippen LogP contribution in [0, 0.1) is 0 Å². The molecule has 0 unspecified atom stereocenters. The molecule has 0 atom stereocenters. The molecule has 4 nitrogen and oxygen atoms in total. The third-order valence-corrected chi connectivity index (χ3v) is 4.89. The van der Waals surface area contributed by atoms with Gasteiger partial charge >= 0.3 is 0 Å². The van der Waals surface area contributed by atoms with E-state index in [9.17, 15) is 13.2 Å². The molecule has 0 aliphatic rings. The predicted molar refractivity (Wildman–Crippen MR) is 80.4 cm³/mol. The van der Waals surface area contributed by atoms with Gasteiger partial charge in [-0.25, -0.2) is 13.1 Å². The molecule has 20 heavy (non-hydrogen) atoms. The Labute approximate surface area is 121 Å². The number of hydrogen-bond donors (Lipinski definition) is 1. The third-order valence-electron chi connectivity index (χ3n) is 2.64. The van der Waals surface area contributed by atoms with Gasteiger partial charge in [-0.3, -0.25) is 4.79 Å². The maximum absolute atomic E-state index is 12.0. The van der Waals surface area contributed by atoms with Crippen molar-refractivity contribution >= 4 is 33.2 Å². The lowest BCUT2D eigenvalue weighted by atomic mass is 10.1. The highest BCUT2D eigenvalue weighted by atomic mass is 32.2. The topological polar surface area (TPSA) is 63.2 Å². The van der Waals surface area contributed by atoms with Crippen LogP contribution in [-0.2, 0) is 10.0 Å². The van der Waals surface area contributed by atoms with Gasteiger partial charge in [0, 0.05) is 10.4 Å². The van der Waals surface area contributed by atoms with E-state index in [1.165, 1.54) is 36.6 Å². The average molecular weight is 307 g/mol. The number of carbonyl (C=O) groups excluding carboxylic acids is 1. The van der Waals surface area contributed by atoms with Crippen LogP contribution in [0.3, 0.4) is 0 Å². The van der Waals surface area contributed by atoms with Crippen molar-refractivity contribution in [1.29, 1.82) is 0 Å². The van der Waals surface area contributed by atoms with Crippen molar-refractivity contribution in [3.63, 3.8) is 0 Å². The largest absolute Gasteiger partial charge is 0.289 e. The minimum Gasteiger partial charge on any atom is -0.289 e. The van der Waals surface area contributed by atoms with Gasteiger partial charge in [-0.1, -0.05) is 18.2 Å². The highest BCUT2D eigenvalue weighted by Crippen LogP contribution is 2.14. The van der Waals surface area contributed by atoms with E-state index in [4.69, 9.17) is 0 Å². The first-order chi connectivity index (χ1) is 9.53. The van der Waals surface area contributed by atoms with Crippen LogP contribution in [-0.4, -0.2) is 21.2 Å². The molecule has 0 aliphatic heterocycles. The van der Waals surface area contributed by atoms with E-state index in [-0.39, 0.29) is 10.7 Å². The maximum Gasteiger partial charge on any atom is 0.240 e. The summed E-state index contributed by atoms with van der Waals surface area (Å²) in [6.45, 7) is 0. The van der Waals surface area contributed by atoms with Crippen LogP contribution in [0.15, 0.2) is 52.7 Å². The molecular weight excluding hydrogens is 294 g/mol. The molecule has 0 saturated carbocycles. The highest BCUT2D eigenvalue weighted by Gasteiger charge is 2.13. The molecule has 6 heteroatoms. The zero-order valence-corrected chi connectivity index (χ0v) is 12.4. The van der Waals surface area contributed by atoms with Crippen LogP contribution in [0.5, 0.6) is 0 Å². The van der Waals surface area contributed by atoms with Crippen molar-refractivity contribution in [3.8, 4) is 0 Å². The molecule has 0 aliphatic carbocycles. The summed E-state index contributed by atoms with van der Waals surface area (Å²) in [5.74, 6) is -0.230. The lowest BCUT2D eigenvalue weighted by Crippen LogP contribution is -2.18. The molecule has 1 heterocycles. The first kappa shape index (κ1) is 14.6. The predicted octanol–water partition coefficient (Wildman–Crippen LogP) is 2.55. The summed E-state index contributed by atoms with van der Waals surface area (Å²) in [6, 6.07) is 9.76. The van der Waals surface area contributed by atoms with E-state index in [0.717, 1.165) is 4.88 Å². The summed E-state index contributed by atoms with van der Waals surface area (Å²) >= 11 is 1.53. The van der Waals surface area contributed by atoms with E-state index in [1.807, 2.05) is 17.5 Å². The van der Waals surface area contributed by atoms with Gasteiger partial charge in [-0.2, -0.15) is 0 Å². The van der Waals surface area contributed by atoms with Gasteiger partial charge in [0.1, 0.15) is 0 Å². The first-order valence-electron chi connectivity index (χ1n) is 5.82. The van der Waals surface area contributed by atoms with Crippen molar-refractivity contribution < 1.29 is 13.2 Å². The number of allylic oxidation sites excluding steroid dienone is 1.